The number of ketones is 1. The first-order valence-electron chi connectivity index (χ1n) is 13.7. The molecule has 1 aromatic carbocycles. The molecule has 0 aliphatic carbocycles. The van der Waals surface area contributed by atoms with Crippen molar-refractivity contribution < 1.29 is 14.0 Å². The van der Waals surface area contributed by atoms with Gasteiger partial charge in [0, 0.05) is 43.0 Å². The third kappa shape index (κ3) is 5.33. The van der Waals surface area contributed by atoms with E-state index in [0.717, 1.165) is 63.6 Å². The Morgan fingerprint density at radius 2 is 1.84 bits per heavy atom. The molecule has 4 heterocycles. The van der Waals surface area contributed by atoms with E-state index >= 15 is 0 Å². The maximum atomic E-state index is 13.8. The molecule has 1 amide bonds. The van der Waals surface area contributed by atoms with Crippen molar-refractivity contribution in [3.8, 4) is 0 Å². The fourth-order valence-electron chi connectivity index (χ4n) is 6.40. The number of likely N-dealkylation sites (N-methyl/N-ethyl adjacent to an activating group) is 1. The number of nitrogens with one attached hydrogen (secondary N) is 2. The normalized spacial score (nSPS) is 27.4. The Balaban J connectivity index is 1.36. The Kier molecular flexibility index (Phi) is 7.98. The third-order valence-corrected chi connectivity index (χ3v) is 8.48. The number of piperidine rings is 1. The van der Waals surface area contributed by atoms with E-state index in [1.54, 1.807) is 6.20 Å². The predicted octanol–water partition coefficient (Wildman–Crippen LogP) is 3.66. The second-order valence-electron chi connectivity index (χ2n) is 10.7. The van der Waals surface area contributed by atoms with Crippen LogP contribution in [0.4, 0.5) is 4.39 Å². The van der Waals surface area contributed by atoms with E-state index in [2.05, 4.69) is 32.3 Å². The maximum absolute atomic E-state index is 13.8. The molecule has 2 aromatic rings. The van der Waals surface area contributed by atoms with Crippen LogP contribution in [0.2, 0.25) is 0 Å². The lowest BCUT2D eigenvalue weighted by atomic mass is 9.93. The Hall–Kier alpha value is -2.68. The summed E-state index contributed by atoms with van der Waals surface area (Å²) < 4.78 is 13.4. The summed E-state index contributed by atoms with van der Waals surface area (Å²) in [6, 6.07) is 9.98. The van der Waals surface area contributed by atoms with Crippen LogP contribution in [0, 0.1) is 5.82 Å². The van der Waals surface area contributed by atoms with E-state index < -0.39 is 0 Å². The van der Waals surface area contributed by atoms with Crippen LogP contribution in [0.1, 0.15) is 79.5 Å². The number of pyridine rings is 1. The third-order valence-electron chi connectivity index (χ3n) is 8.48. The second kappa shape index (κ2) is 11.4. The second-order valence-corrected chi connectivity index (χ2v) is 10.7. The molecule has 5 rings (SSSR count). The molecule has 1 aromatic heterocycles. The van der Waals surface area contributed by atoms with Crippen LogP contribution in [0.3, 0.4) is 0 Å². The van der Waals surface area contributed by atoms with E-state index in [1.807, 2.05) is 19.2 Å². The molecule has 37 heavy (non-hydrogen) atoms. The van der Waals surface area contributed by atoms with Crippen LogP contribution >= 0.6 is 0 Å². The number of amides is 1. The van der Waals surface area contributed by atoms with Gasteiger partial charge in [0.1, 0.15) is 11.5 Å². The molecule has 3 saturated heterocycles. The molecule has 5 unspecified atom stereocenters. The molecule has 0 saturated carbocycles. The number of hydrogen-bond acceptors (Lipinski definition) is 6. The summed E-state index contributed by atoms with van der Waals surface area (Å²) in [6.07, 6.45) is 8.51. The van der Waals surface area contributed by atoms with Crippen molar-refractivity contribution in [1.29, 1.82) is 0 Å². The van der Waals surface area contributed by atoms with Gasteiger partial charge in [-0.05, 0) is 94.8 Å². The van der Waals surface area contributed by atoms with Crippen LogP contribution < -0.4 is 10.6 Å². The van der Waals surface area contributed by atoms with E-state index in [9.17, 15) is 14.0 Å². The molecule has 0 spiro atoms. The average molecular weight is 508 g/mol. The van der Waals surface area contributed by atoms with Crippen LogP contribution in [-0.2, 0) is 4.79 Å². The minimum atomic E-state index is -0.370. The minimum Gasteiger partial charge on any atom is -0.326 e. The Bertz CT molecular complexity index is 1110. The van der Waals surface area contributed by atoms with Gasteiger partial charge in [0.2, 0.25) is 11.7 Å². The molecule has 8 heteroatoms. The van der Waals surface area contributed by atoms with Crippen molar-refractivity contribution in [2.24, 2.45) is 0 Å². The van der Waals surface area contributed by atoms with Crippen LogP contribution in [-0.4, -0.2) is 70.9 Å². The van der Waals surface area contributed by atoms with Crippen LogP contribution in [0.5, 0.6) is 0 Å². The molecule has 3 fully saturated rings. The highest BCUT2D eigenvalue weighted by Crippen LogP contribution is 2.39. The first-order chi connectivity index (χ1) is 18.0. The molecule has 5 atom stereocenters. The fourth-order valence-corrected chi connectivity index (χ4v) is 6.40. The quantitative estimate of drug-likeness (QED) is 0.557. The first kappa shape index (κ1) is 25.9. The SMILES string of the molecule is CNC(C)C1CCCC(C(=O)N2CCCC2N2CCCC2c2cccnc2C(=O)c2ccc(F)cc2)N1. The van der Waals surface area contributed by atoms with Crippen molar-refractivity contribution in [3.63, 3.8) is 0 Å². The molecule has 0 radical (unpaired) electrons. The summed E-state index contributed by atoms with van der Waals surface area (Å²) in [6.45, 7) is 3.82. The summed E-state index contributed by atoms with van der Waals surface area (Å²) in [4.78, 5) is 36.1. The average Bonchev–Trinajstić information content (AvgIpc) is 3.62. The van der Waals surface area contributed by atoms with Crippen LogP contribution in [0.15, 0.2) is 42.6 Å². The molecule has 3 aliphatic rings. The van der Waals surface area contributed by atoms with Gasteiger partial charge in [-0.1, -0.05) is 6.07 Å². The van der Waals surface area contributed by atoms with Gasteiger partial charge in [-0.3, -0.25) is 19.5 Å². The van der Waals surface area contributed by atoms with E-state index in [-0.39, 0.29) is 35.8 Å². The largest absolute Gasteiger partial charge is 0.326 e. The highest BCUT2D eigenvalue weighted by atomic mass is 19.1. The lowest BCUT2D eigenvalue weighted by molar-refractivity contribution is -0.139. The minimum absolute atomic E-state index is 0.0166. The maximum Gasteiger partial charge on any atom is 0.240 e. The summed E-state index contributed by atoms with van der Waals surface area (Å²) in [5.74, 6) is -0.363. The number of halogens is 1. The smallest absolute Gasteiger partial charge is 0.240 e. The number of rotatable bonds is 7. The van der Waals surface area contributed by atoms with Gasteiger partial charge >= 0.3 is 0 Å². The van der Waals surface area contributed by atoms with Gasteiger partial charge in [0.15, 0.2) is 0 Å². The summed E-state index contributed by atoms with van der Waals surface area (Å²) in [5, 5.41) is 6.95. The van der Waals surface area contributed by atoms with Gasteiger partial charge in [-0.15, -0.1) is 0 Å². The molecule has 7 nitrogen and oxygen atoms in total. The highest BCUT2D eigenvalue weighted by Gasteiger charge is 2.42. The Labute approximate surface area is 218 Å². The molecular formula is C29H38FN5O2. The fraction of sp³-hybridized carbons (Fsp3) is 0.552. The van der Waals surface area contributed by atoms with E-state index in [4.69, 9.17) is 0 Å². The standard InChI is InChI=1S/C29H38FN5O2/c1-19(31-2)23-8-3-9-24(33-23)29(37)35-18-6-11-26(35)34-17-5-10-25(34)22-7-4-16-32-27(22)28(36)20-12-14-21(30)15-13-20/h4,7,12-16,19,23-26,31,33H,3,5-6,8-11,17-18H2,1-2H3. The number of aromatic nitrogens is 1. The number of hydrogen-bond donors (Lipinski definition) is 2. The van der Waals surface area contributed by atoms with Crippen molar-refractivity contribution in [1.82, 2.24) is 25.4 Å². The number of nitrogens with zero attached hydrogens (tertiary/aromatic N) is 3. The monoisotopic (exact) mass is 507 g/mol. The van der Waals surface area contributed by atoms with Gasteiger partial charge in [-0.2, -0.15) is 0 Å². The van der Waals surface area contributed by atoms with Gasteiger partial charge in [0.25, 0.3) is 0 Å². The lowest BCUT2D eigenvalue weighted by Crippen LogP contribution is -2.59. The molecule has 3 aliphatic heterocycles. The van der Waals surface area contributed by atoms with Crippen molar-refractivity contribution >= 4 is 11.7 Å². The summed E-state index contributed by atoms with van der Waals surface area (Å²) >= 11 is 0. The molecule has 198 valence electrons. The summed E-state index contributed by atoms with van der Waals surface area (Å²) in [5.41, 5.74) is 1.74. The Morgan fingerprint density at radius 3 is 2.62 bits per heavy atom. The summed E-state index contributed by atoms with van der Waals surface area (Å²) in [7, 11) is 1.97. The number of carbonyl (C=O) groups excluding carboxylic acids is 2. The molecule has 2 N–H and O–H groups in total. The number of carbonyl (C=O) groups is 2. The zero-order chi connectivity index (χ0) is 25.9. The number of likely N-dealkylation sites (tertiary alicyclic amines) is 2. The lowest BCUT2D eigenvalue weighted by Gasteiger charge is -2.40. The van der Waals surface area contributed by atoms with Gasteiger partial charge in [0.05, 0.1) is 12.2 Å². The molecule has 0 bridgehead atoms. The first-order valence-corrected chi connectivity index (χ1v) is 13.7. The zero-order valence-corrected chi connectivity index (χ0v) is 21.8. The zero-order valence-electron chi connectivity index (χ0n) is 21.8. The van der Waals surface area contributed by atoms with Gasteiger partial charge < -0.3 is 15.5 Å². The van der Waals surface area contributed by atoms with E-state index in [0.29, 0.717) is 23.3 Å². The topological polar surface area (TPSA) is 77.6 Å². The van der Waals surface area contributed by atoms with Crippen LogP contribution in [0.25, 0.3) is 0 Å². The molecular weight excluding hydrogens is 469 g/mol. The number of benzene rings is 1. The predicted molar refractivity (Wildman–Crippen MR) is 141 cm³/mol. The Morgan fingerprint density at radius 1 is 1.05 bits per heavy atom. The van der Waals surface area contributed by atoms with Gasteiger partial charge in [-0.25, -0.2) is 4.39 Å². The van der Waals surface area contributed by atoms with E-state index in [1.165, 1.54) is 24.3 Å². The highest BCUT2D eigenvalue weighted by molar-refractivity contribution is 6.08. The van der Waals surface area contributed by atoms with Crippen molar-refractivity contribution in [2.75, 3.05) is 20.1 Å². The van der Waals surface area contributed by atoms with Crippen molar-refractivity contribution in [2.45, 2.75) is 82.2 Å². The van der Waals surface area contributed by atoms with Crippen molar-refractivity contribution in [3.05, 3.63) is 65.2 Å².